The first-order valence-corrected chi connectivity index (χ1v) is 10.9. The van der Waals surface area contributed by atoms with Gasteiger partial charge in [-0.05, 0) is 70.3 Å². The fourth-order valence-corrected chi connectivity index (χ4v) is 3.70. The number of hydrogen-bond donors (Lipinski definition) is 3. The van der Waals surface area contributed by atoms with Crippen molar-refractivity contribution in [3.63, 3.8) is 0 Å². The van der Waals surface area contributed by atoms with Crippen LogP contribution < -0.4 is 10.6 Å². The van der Waals surface area contributed by atoms with Gasteiger partial charge >= 0.3 is 0 Å². The zero-order valence-corrected chi connectivity index (χ0v) is 20.2. The lowest BCUT2D eigenvalue weighted by atomic mass is 9.99. The van der Waals surface area contributed by atoms with E-state index in [1.807, 2.05) is 18.2 Å². The molecule has 3 N–H and O–H groups in total. The second-order valence-electron chi connectivity index (χ2n) is 7.87. The molecule has 0 aliphatic carbocycles. The van der Waals surface area contributed by atoms with Crippen molar-refractivity contribution in [2.45, 2.75) is 46.0 Å². The van der Waals surface area contributed by atoms with Crippen LogP contribution in [0.3, 0.4) is 0 Å². The summed E-state index contributed by atoms with van der Waals surface area (Å²) in [5.74, 6) is 2.88. The van der Waals surface area contributed by atoms with E-state index in [1.165, 1.54) is 32.5 Å². The van der Waals surface area contributed by atoms with Crippen LogP contribution >= 0.6 is 24.0 Å². The molecule has 0 amide bonds. The summed E-state index contributed by atoms with van der Waals surface area (Å²) >= 11 is 0. The van der Waals surface area contributed by atoms with Gasteiger partial charge in [0.05, 0.1) is 11.0 Å². The van der Waals surface area contributed by atoms with Crippen molar-refractivity contribution >= 4 is 41.0 Å². The number of piperidine rings is 1. The Hall–Kier alpha value is -1.35. The lowest BCUT2D eigenvalue weighted by Crippen LogP contribution is -2.39. The molecule has 1 aliphatic heterocycles. The third-order valence-electron chi connectivity index (χ3n) is 5.44. The molecule has 7 heteroatoms. The molecule has 1 saturated heterocycles. The number of nitrogens with one attached hydrogen (secondary N) is 3. The van der Waals surface area contributed by atoms with Crippen LogP contribution in [0.2, 0.25) is 0 Å². The Morgan fingerprint density at radius 1 is 1.21 bits per heavy atom. The molecular weight excluding hydrogens is 475 g/mol. The van der Waals surface area contributed by atoms with E-state index in [1.54, 1.807) is 0 Å². The van der Waals surface area contributed by atoms with E-state index in [2.05, 4.69) is 45.4 Å². The van der Waals surface area contributed by atoms with Gasteiger partial charge in [0.15, 0.2) is 5.96 Å². The highest BCUT2D eigenvalue weighted by molar-refractivity contribution is 14.0. The smallest absolute Gasteiger partial charge is 0.191 e. The van der Waals surface area contributed by atoms with E-state index >= 15 is 0 Å². The number of hydrogen-bond acceptors (Lipinski definition) is 3. The maximum atomic E-state index is 4.72. The minimum absolute atomic E-state index is 0. The van der Waals surface area contributed by atoms with Crippen LogP contribution in [-0.4, -0.2) is 60.1 Å². The number of nitrogens with zero attached hydrogens (tertiary/aromatic N) is 3. The number of imidazole rings is 1. The van der Waals surface area contributed by atoms with E-state index in [4.69, 9.17) is 4.99 Å². The van der Waals surface area contributed by atoms with E-state index < -0.39 is 0 Å². The van der Waals surface area contributed by atoms with Gasteiger partial charge < -0.3 is 20.5 Å². The lowest BCUT2D eigenvalue weighted by molar-refractivity contribution is 0.191. The molecular formula is C22H37IN6. The normalized spacial score (nSPS) is 16.0. The number of benzene rings is 1. The Morgan fingerprint density at radius 3 is 2.76 bits per heavy atom. The Kier molecular flexibility index (Phi) is 10.8. The van der Waals surface area contributed by atoms with Crippen molar-refractivity contribution in [1.29, 1.82) is 0 Å². The number of aliphatic imine (C=N–C) groups is 1. The molecule has 1 fully saturated rings. The molecule has 162 valence electrons. The fraction of sp³-hybridized carbons (Fsp3) is 0.636. The van der Waals surface area contributed by atoms with Crippen LogP contribution in [0.4, 0.5) is 0 Å². The number of para-hydroxylation sites is 2. The highest BCUT2D eigenvalue weighted by Gasteiger charge is 2.14. The number of aryl methyl sites for hydroxylation is 1. The van der Waals surface area contributed by atoms with Crippen LogP contribution in [0.1, 0.15) is 45.4 Å². The summed E-state index contributed by atoms with van der Waals surface area (Å²) in [4.78, 5) is 15.3. The van der Waals surface area contributed by atoms with Gasteiger partial charge in [-0.1, -0.05) is 19.1 Å². The molecule has 2 heterocycles. The summed E-state index contributed by atoms with van der Waals surface area (Å²) in [5, 5.41) is 6.83. The Morgan fingerprint density at radius 2 is 2.00 bits per heavy atom. The number of likely N-dealkylation sites (tertiary alicyclic amines) is 1. The second kappa shape index (κ2) is 13.1. The van der Waals surface area contributed by atoms with Gasteiger partial charge in [0, 0.05) is 26.1 Å². The van der Waals surface area contributed by atoms with Gasteiger partial charge in [0.1, 0.15) is 5.82 Å². The highest BCUT2D eigenvalue weighted by atomic mass is 127. The number of halogens is 1. The Labute approximate surface area is 192 Å². The van der Waals surface area contributed by atoms with Crippen LogP contribution in [-0.2, 0) is 6.42 Å². The SMILES string of the molecule is CCNC(=NCCCc1nc2ccccc2[nH]1)NCCCN1CCC(C)CC1.I. The third kappa shape index (κ3) is 8.12. The molecule has 0 atom stereocenters. The molecule has 3 rings (SSSR count). The highest BCUT2D eigenvalue weighted by Crippen LogP contribution is 2.15. The molecule has 6 nitrogen and oxygen atoms in total. The summed E-state index contributed by atoms with van der Waals surface area (Å²) in [7, 11) is 0. The number of H-pyrrole nitrogens is 1. The van der Waals surface area contributed by atoms with Crippen molar-refractivity contribution < 1.29 is 0 Å². The predicted octanol–water partition coefficient (Wildman–Crippen LogP) is 3.79. The summed E-state index contributed by atoms with van der Waals surface area (Å²) in [6.45, 7) is 10.9. The molecule has 1 aliphatic rings. The minimum Gasteiger partial charge on any atom is -0.357 e. The van der Waals surface area contributed by atoms with Crippen LogP contribution in [0.5, 0.6) is 0 Å². The van der Waals surface area contributed by atoms with Crippen molar-refractivity contribution in [3.05, 3.63) is 30.1 Å². The summed E-state index contributed by atoms with van der Waals surface area (Å²) < 4.78 is 0. The largest absolute Gasteiger partial charge is 0.357 e. The zero-order valence-electron chi connectivity index (χ0n) is 17.9. The van der Waals surface area contributed by atoms with Gasteiger partial charge in [-0.15, -0.1) is 24.0 Å². The molecule has 0 unspecified atom stereocenters. The topological polar surface area (TPSA) is 68.3 Å². The fourth-order valence-electron chi connectivity index (χ4n) is 3.70. The summed E-state index contributed by atoms with van der Waals surface area (Å²) in [6.07, 6.45) is 5.77. The molecule has 1 aromatic carbocycles. The van der Waals surface area contributed by atoms with Crippen molar-refractivity contribution in [3.8, 4) is 0 Å². The van der Waals surface area contributed by atoms with E-state index in [9.17, 15) is 0 Å². The third-order valence-corrected chi connectivity index (χ3v) is 5.44. The van der Waals surface area contributed by atoms with E-state index in [0.717, 1.165) is 67.6 Å². The van der Waals surface area contributed by atoms with Crippen molar-refractivity contribution in [1.82, 2.24) is 25.5 Å². The average molecular weight is 512 g/mol. The average Bonchev–Trinajstić information content (AvgIpc) is 3.12. The molecule has 29 heavy (non-hydrogen) atoms. The van der Waals surface area contributed by atoms with Crippen LogP contribution in [0, 0.1) is 5.92 Å². The Bertz CT molecular complexity index is 703. The lowest BCUT2D eigenvalue weighted by Gasteiger charge is -2.30. The number of fused-ring (bicyclic) bond motifs is 1. The van der Waals surface area contributed by atoms with Gasteiger partial charge in [0.2, 0.25) is 0 Å². The molecule has 0 radical (unpaired) electrons. The van der Waals surface area contributed by atoms with Crippen molar-refractivity contribution in [2.24, 2.45) is 10.9 Å². The van der Waals surface area contributed by atoms with E-state index in [0.29, 0.717) is 0 Å². The van der Waals surface area contributed by atoms with E-state index in [-0.39, 0.29) is 24.0 Å². The molecule has 2 aromatic rings. The zero-order chi connectivity index (χ0) is 19.6. The monoisotopic (exact) mass is 512 g/mol. The maximum absolute atomic E-state index is 4.72. The van der Waals surface area contributed by atoms with Crippen LogP contribution in [0.25, 0.3) is 11.0 Å². The number of aromatic nitrogens is 2. The molecule has 0 saturated carbocycles. The van der Waals surface area contributed by atoms with Gasteiger partial charge in [-0.2, -0.15) is 0 Å². The van der Waals surface area contributed by atoms with Gasteiger partial charge in [0.25, 0.3) is 0 Å². The molecule has 0 bridgehead atoms. The first-order chi connectivity index (χ1) is 13.7. The number of aromatic amines is 1. The maximum Gasteiger partial charge on any atom is 0.191 e. The quantitative estimate of drug-likeness (QED) is 0.207. The summed E-state index contributed by atoms with van der Waals surface area (Å²) in [5.41, 5.74) is 2.15. The van der Waals surface area contributed by atoms with Crippen LogP contribution in [0.15, 0.2) is 29.3 Å². The van der Waals surface area contributed by atoms with Crippen molar-refractivity contribution in [2.75, 3.05) is 39.3 Å². The molecule has 0 spiro atoms. The Balaban J connectivity index is 0.00000300. The first-order valence-electron chi connectivity index (χ1n) is 10.9. The van der Waals surface area contributed by atoms with Gasteiger partial charge in [-0.3, -0.25) is 4.99 Å². The second-order valence-corrected chi connectivity index (χ2v) is 7.87. The minimum atomic E-state index is 0. The predicted molar refractivity (Wildman–Crippen MR) is 133 cm³/mol. The number of rotatable bonds is 9. The standard InChI is InChI=1S/C22H36N6.HI/c1-3-23-22(25-14-7-15-28-16-11-18(2)12-17-28)24-13-6-10-21-26-19-8-4-5-9-20(19)27-21;/h4-5,8-9,18H,3,6-7,10-17H2,1-2H3,(H,26,27)(H2,23,24,25);1H. The first kappa shape index (κ1) is 23.9. The summed E-state index contributed by atoms with van der Waals surface area (Å²) in [6, 6.07) is 8.18. The number of guanidine groups is 1. The van der Waals surface area contributed by atoms with Gasteiger partial charge in [-0.25, -0.2) is 4.98 Å². The molecule has 1 aromatic heterocycles.